The Bertz CT molecular complexity index is 442. The van der Waals surface area contributed by atoms with Gasteiger partial charge in [-0.15, -0.1) is 0 Å². The Labute approximate surface area is 120 Å². The van der Waals surface area contributed by atoms with Crippen LogP contribution in [0.3, 0.4) is 0 Å². The number of aliphatic hydroxyl groups is 1. The third-order valence-electron chi connectivity index (χ3n) is 2.70. The van der Waals surface area contributed by atoms with E-state index in [9.17, 15) is 14.3 Å². The van der Waals surface area contributed by atoms with Gasteiger partial charge in [-0.3, -0.25) is 4.79 Å². The lowest BCUT2D eigenvalue weighted by Crippen LogP contribution is -2.32. The van der Waals surface area contributed by atoms with Gasteiger partial charge in [-0.2, -0.15) is 0 Å². The molecule has 0 aliphatic carbocycles. The van der Waals surface area contributed by atoms with E-state index in [0.29, 0.717) is 18.5 Å². The number of aliphatic carboxylic acids is 1. The van der Waals surface area contributed by atoms with Crippen molar-refractivity contribution >= 4 is 21.9 Å². The van der Waals surface area contributed by atoms with E-state index in [0.717, 1.165) is 4.47 Å². The van der Waals surface area contributed by atoms with Crippen molar-refractivity contribution in [2.45, 2.75) is 18.9 Å². The first-order chi connectivity index (χ1) is 8.88. The molecular formula is C13H17BrFNO3. The lowest BCUT2D eigenvalue weighted by Gasteiger charge is -2.19. The molecule has 1 aromatic rings. The minimum Gasteiger partial charge on any atom is -0.481 e. The van der Waals surface area contributed by atoms with E-state index in [2.05, 4.69) is 15.9 Å². The van der Waals surface area contributed by atoms with Gasteiger partial charge in [0.05, 0.1) is 12.5 Å². The monoisotopic (exact) mass is 333 g/mol. The molecular weight excluding hydrogens is 317 g/mol. The number of hydrogen-bond donors (Lipinski definition) is 2. The van der Waals surface area contributed by atoms with E-state index in [1.807, 2.05) is 0 Å². The van der Waals surface area contributed by atoms with Gasteiger partial charge in [0.15, 0.2) is 0 Å². The lowest BCUT2D eigenvalue weighted by molar-refractivity contribution is -0.139. The van der Waals surface area contributed by atoms with Crippen molar-refractivity contribution < 1.29 is 19.4 Å². The maximum absolute atomic E-state index is 13.5. The molecule has 0 radical (unpaired) electrons. The highest BCUT2D eigenvalue weighted by Crippen LogP contribution is 2.16. The number of carbonyl (C=O) groups is 1. The molecule has 0 amide bonds. The average molecular weight is 334 g/mol. The first-order valence-corrected chi connectivity index (χ1v) is 6.70. The molecule has 6 heteroatoms. The van der Waals surface area contributed by atoms with Crippen LogP contribution >= 0.6 is 15.9 Å². The second kappa shape index (κ2) is 7.57. The van der Waals surface area contributed by atoms with E-state index in [1.54, 1.807) is 24.1 Å². The second-order valence-corrected chi connectivity index (χ2v) is 5.42. The lowest BCUT2D eigenvalue weighted by atomic mass is 10.1. The summed E-state index contributed by atoms with van der Waals surface area (Å²) >= 11 is 3.29. The van der Waals surface area contributed by atoms with Crippen molar-refractivity contribution in [1.82, 2.24) is 4.90 Å². The Morgan fingerprint density at radius 3 is 2.84 bits per heavy atom. The van der Waals surface area contributed by atoms with Crippen molar-refractivity contribution in [2.75, 3.05) is 20.1 Å². The molecule has 1 rings (SSSR count). The van der Waals surface area contributed by atoms with Crippen LogP contribution in [0, 0.1) is 5.82 Å². The number of nitrogens with zero attached hydrogens (tertiary/aromatic N) is 1. The Morgan fingerprint density at radius 1 is 1.53 bits per heavy atom. The molecule has 106 valence electrons. The average Bonchev–Trinajstić information content (AvgIpc) is 2.29. The maximum Gasteiger partial charge on any atom is 0.306 e. The number of carboxylic acids is 1. The molecule has 0 spiro atoms. The number of likely N-dealkylation sites (N-methyl/N-ethyl adjacent to an activating group) is 1. The summed E-state index contributed by atoms with van der Waals surface area (Å²) in [5.41, 5.74) is 0.592. The zero-order valence-electron chi connectivity index (χ0n) is 10.6. The third-order valence-corrected chi connectivity index (χ3v) is 3.20. The largest absolute Gasteiger partial charge is 0.481 e. The summed E-state index contributed by atoms with van der Waals surface area (Å²) in [7, 11) is 1.76. The van der Waals surface area contributed by atoms with Gasteiger partial charge in [-0.1, -0.05) is 15.9 Å². The molecule has 0 heterocycles. The Kier molecular flexibility index (Phi) is 6.41. The van der Waals surface area contributed by atoms with Gasteiger partial charge in [0.1, 0.15) is 5.82 Å². The van der Waals surface area contributed by atoms with Gasteiger partial charge in [0.25, 0.3) is 0 Å². The van der Waals surface area contributed by atoms with Gasteiger partial charge in [0.2, 0.25) is 0 Å². The van der Waals surface area contributed by atoms with Crippen molar-refractivity contribution in [3.8, 4) is 0 Å². The van der Waals surface area contributed by atoms with Gasteiger partial charge >= 0.3 is 5.97 Å². The summed E-state index contributed by atoms with van der Waals surface area (Å²) < 4.78 is 14.3. The third kappa shape index (κ3) is 6.13. The van der Waals surface area contributed by atoms with E-state index in [4.69, 9.17) is 5.11 Å². The maximum atomic E-state index is 13.5. The first-order valence-electron chi connectivity index (χ1n) is 5.91. The van der Waals surface area contributed by atoms with Crippen LogP contribution in [0.15, 0.2) is 22.7 Å². The molecule has 1 atom stereocenters. The number of rotatable bonds is 7. The predicted molar refractivity (Wildman–Crippen MR) is 73.6 cm³/mol. The molecule has 0 saturated heterocycles. The first kappa shape index (κ1) is 16.1. The van der Waals surface area contributed by atoms with Gasteiger partial charge < -0.3 is 15.1 Å². The van der Waals surface area contributed by atoms with E-state index in [1.165, 1.54) is 6.07 Å². The fourth-order valence-electron chi connectivity index (χ4n) is 1.76. The molecule has 4 nitrogen and oxygen atoms in total. The van der Waals surface area contributed by atoms with Crippen LogP contribution < -0.4 is 0 Å². The van der Waals surface area contributed by atoms with Crippen molar-refractivity contribution in [3.63, 3.8) is 0 Å². The van der Waals surface area contributed by atoms with E-state index < -0.39 is 12.1 Å². The highest BCUT2D eigenvalue weighted by molar-refractivity contribution is 9.10. The number of benzene rings is 1. The van der Waals surface area contributed by atoms with Gasteiger partial charge in [0, 0.05) is 17.6 Å². The molecule has 1 unspecified atom stereocenters. The zero-order chi connectivity index (χ0) is 14.4. The van der Waals surface area contributed by atoms with Gasteiger partial charge in [-0.05, 0) is 37.2 Å². The van der Waals surface area contributed by atoms with Crippen molar-refractivity contribution in [1.29, 1.82) is 0 Å². The molecule has 0 bridgehead atoms. The number of halogens is 2. The molecule has 0 aliphatic rings. The topological polar surface area (TPSA) is 60.8 Å². The summed E-state index contributed by atoms with van der Waals surface area (Å²) in [6.45, 7) is 0.798. The fraction of sp³-hybridized carbons (Fsp3) is 0.462. The highest BCUT2D eigenvalue weighted by Gasteiger charge is 2.12. The van der Waals surface area contributed by atoms with Crippen LogP contribution in [0.25, 0.3) is 0 Å². The number of carboxylic acid groups (broad SMARTS) is 1. The van der Waals surface area contributed by atoms with E-state index >= 15 is 0 Å². The smallest absolute Gasteiger partial charge is 0.306 e. The van der Waals surface area contributed by atoms with Crippen LogP contribution in [0.1, 0.15) is 12.0 Å². The minimum atomic E-state index is -1.03. The summed E-state index contributed by atoms with van der Waals surface area (Å²) in [6.07, 6.45) is -0.688. The Hall–Kier alpha value is -0.980. The van der Waals surface area contributed by atoms with Crippen LogP contribution in [-0.2, 0) is 11.2 Å². The predicted octanol–water partition coefficient (Wildman–Crippen LogP) is 1.90. The van der Waals surface area contributed by atoms with Crippen LogP contribution in [-0.4, -0.2) is 47.3 Å². The Balaban J connectivity index is 2.43. The van der Waals surface area contributed by atoms with Gasteiger partial charge in [-0.25, -0.2) is 4.39 Å². The summed E-state index contributed by atoms with van der Waals surface area (Å²) in [6, 6.07) is 4.76. The fourth-order valence-corrected chi connectivity index (χ4v) is 2.17. The molecule has 1 aromatic carbocycles. The summed E-state index contributed by atoms with van der Waals surface area (Å²) in [5.74, 6) is -1.29. The zero-order valence-corrected chi connectivity index (χ0v) is 12.2. The number of aliphatic hydroxyl groups excluding tert-OH is 1. The normalized spacial score (nSPS) is 12.7. The number of hydrogen-bond acceptors (Lipinski definition) is 3. The highest BCUT2D eigenvalue weighted by atomic mass is 79.9. The molecule has 19 heavy (non-hydrogen) atoms. The molecule has 0 aliphatic heterocycles. The quantitative estimate of drug-likeness (QED) is 0.800. The molecule has 0 aromatic heterocycles. The SMILES string of the molecule is CN(CCc1cc(Br)ccc1F)CC(O)CC(=O)O. The minimum absolute atomic E-state index is 0.252. The summed E-state index contributed by atoms with van der Waals surface area (Å²) in [4.78, 5) is 12.2. The molecule has 0 saturated carbocycles. The molecule has 2 N–H and O–H groups in total. The molecule has 0 fully saturated rings. The van der Waals surface area contributed by atoms with Crippen molar-refractivity contribution in [2.24, 2.45) is 0 Å². The van der Waals surface area contributed by atoms with Crippen LogP contribution in [0.4, 0.5) is 4.39 Å². The standard InChI is InChI=1S/C13H17BrFNO3/c1-16(8-11(17)7-13(18)19)5-4-9-6-10(14)2-3-12(9)15/h2-3,6,11,17H,4-5,7-8H2,1H3,(H,18,19). The Morgan fingerprint density at radius 2 is 2.21 bits per heavy atom. The van der Waals surface area contributed by atoms with Crippen molar-refractivity contribution in [3.05, 3.63) is 34.1 Å². The van der Waals surface area contributed by atoms with E-state index in [-0.39, 0.29) is 18.8 Å². The second-order valence-electron chi connectivity index (χ2n) is 4.50. The summed E-state index contributed by atoms with van der Waals surface area (Å²) in [5, 5.41) is 18.0. The van der Waals surface area contributed by atoms with Crippen LogP contribution in [0.5, 0.6) is 0 Å². The van der Waals surface area contributed by atoms with Crippen LogP contribution in [0.2, 0.25) is 0 Å².